The Bertz CT molecular complexity index is 1610. The third-order valence-corrected chi connectivity index (χ3v) is 5.68. The van der Waals surface area contributed by atoms with E-state index in [1.54, 1.807) is 4.40 Å². The molecule has 5 nitrogen and oxygen atoms in total. The SMILES string of the molecule is O=c1c2ccc(NCCO)c3cccc(c32)c2nc3cccc4cccc(c43)n12. The standard InChI is InChI=1S/C24H17N3O2/c28-13-12-25-18-11-10-17-22-15(18)6-3-7-16(22)23-26-19-8-1-4-14-5-2-9-20(21(14)19)27(23)24(17)29/h1-11,25,28H,12-13H2. The molecular formula is C24H17N3O2. The molecule has 0 aliphatic rings. The normalized spacial score (nSPS) is 12.0. The first-order chi connectivity index (χ1) is 14.3. The molecular weight excluding hydrogens is 362 g/mol. The van der Waals surface area contributed by atoms with Crippen LogP contribution in [0.2, 0.25) is 0 Å². The summed E-state index contributed by atoms with van der Waals surface area (Å²) >= 11 is 0. The number of rotatable bonds is 3. The van der Waals surface area contributed by atoms with E-state index in [4.69, 9.17) is 4.98 Å². The number of nitrogens with one attached hydrogen (secondary N) is 1. The smallest absolute Gasteiger partial charge is 0.264 e. The predicted molar refractivity (Wildman–Crippen MR) is 118 cm³/mol. The summed E-state index contributed by atoms with van der Waals surface area (Å²) in [6.07, 6.45) is 0. The maximum absolute atomic E-state index is 13.6. The molecule has 5 heteroatoms. The fourth-order valence-electron chi connectivity index (χ4n) is 4.48. The largest absolute Gasteiger partial charge is 0.395 e. The van der Waals surface area contributed by atoms with Crippen molar-refractivity contribution in [1.82, 2.24) is 9.38 Å². The Labute approximate surface area is 165 Å². The lowest BCUT2D eigenvalue weighted by Crippen LogP contribution is -2.17. The fourth-order valence-corrected chi connectivity index (χ4v) is 4.48. The van der Waals surface area contributed by atoms with Gasteiger partial charge in [-0.05, 0) is 29.7 Å². The Hall–Kier alpha value is -3.70. The molecule has 0 radical (unpaired) electrons. The summed E-state index contributed by atoms with van der Waals surface area (Å²) in [4.78, 5) is 18.5. The van der Waals surface area contributed by atoms with Crippen molar-refractivity contribution < 1.29 is 5.11 Å². The van der Waals surface area contributed by atoms with Crippen LogP contribution in [0.3, 0.4) is 0 Å². The van der Waals surface area contributed by atoms with E-state index >= 15 is 0 Å². The third-order valence-electron chi connectivity index (χ3n) is 5.68. The lowest BCUT2D eigenvalue weighted by atomic mass is 10.00. The van der Waals surface area contributed by atoms with Crippen molar-refractivity contribution in [1.29, 1.82) is 0 Å². The Morgan fingerprint density at radius 3 is 2.52 bits per heavy atom. The maximum atomic E-state index is 13.6. The molecule has 0 spiro atoms. The van der Waals surface area contributed by atoms with Crippen molar-refractivity contribution in [3.05, 3.63) is 77.1 Å². The van der Waals surface area contributed by atoms with Crippen LogP contribution in [-0.2, 0) is 0 Å². The Morgan fingerprint density at radius 2 is 1.66 bits per heavy atom. The van der Waals surface area contributed by atoms with Gasteiger partial charge in [-0.15, -0.1) is 0 Å². The second-order valence-corrected chi connectivity index (χ2v) is 7.27. The zero-order chi connectivity index (χ0) is 19.5. The van der Waals surface area contributed by atoms with Gasteiger partial charge in [0.05, 0.1) is 17.6 Å². The molecule has 0 aliphatic carbocycles. The topological polar surface area (TPSA) is 66.6 Å². The molecule has 29 heavy (non-hydrogen) atoms. The molecule has 140 valence electrons. The highest BCUT2D eigenvalue weighted by atomic mass is 16.3. The summed E-state index contributed by atoms with van der Waals surface area (Å²) in [7, 11) is 0. The van der Waals surface area contributed by atoms with Gasteiger partial charge in [0.15, 0.2) is 0 Å². The number of pyridine rings is 1. The van der Waals surface area contributed by atoms with Gasteiger partial charge >= 0.3 is 0 Å². The van der Waals surface area contributed by atoms with Gasteiger partial charge in [-0.1, -0.05) is 42.5 Å². The first kappa shape index (κ1) is 16.3. The lowest BCUT2D eigenvalue weighted by Gasteiger charge is -2.16. The number of fused-ring (bicyclic) bond motifs is 3. The van der Waals surface area contributed by atoms with Crippen LogP contribution in [-0.4, -0.2) is 27.6 Å². The predicted octanol–water partition coefficient (Wildman–Crippen LogP) is 4.15. The highest BCUT2D eigenvalue weighted by molar-refractivity contribution is 6.19. The van der Waals surface area contributed by atoms with Gasteiger partial charge in [0.25, 0.3) is 5.56 Å². The summed E-state index contributed by atoms with van der Waals surface area (Å²) in [5.74, 6) is 0. The van der Waals surface area contributed by atoms with Crippen LogP contribution < -0.4 is 10.9 Å². The molecule has 0 saturated carbocycles. The zero-order valence-corrected chi connectivity index (χ0v) is 15.5. The number of anilines is 1. The molecule has 0 amide bonds. The van der Waals surface area contributed by atoms with Gasteiger partial charge in [-0.2, -0.15) is 0 Å². The minimum Gasteiger partial charge on any atom is -0.395 e. The van der Waals surface area contributed by atoms with Gasteiger partial charge in [0, 0.05) is 39.2 Å². The maximum Gasteiger partial charge on any atom is 0.264 e. The Morgan fingerprint density at radius 1 is 0.862 bits per heavy atom. The Balaban J connectivity index is 1.89. The van der Waals surface area contributed by atoms with Crippen molar-refractivity contribution in [2.45, 2.75) is 0 Å². The number of hydrogen-bond acceptors (Lipinski definition) is 4. The highest BCUT2D eigenvalue weighted by Crippen LogP contribution is 2.34. The summed E-state index contributed by atoms with van der Waals surface area (Å²) in [6, 6.07) is 21.8. The van der Waals surface area contributed by atoms with E-state index in [-0.39, 0.29) is 12.2 Å². The number of aromatic nitrogens is 2. The average Bonchev–Trinajstić information content (AvgIpc) is 2.76. The van der Waals surface area contributed by atoms with E-state index in [1.807, 2.05) is 66.7 Å². The molecule has 2 N–H and O–H groups in total. The van der Waals surface area contributed by atoms with E-state index in [0.717, 1.165) is 43.7 Å². The summed E-state index contributed by atoms with van der Waals surface area (Å²) in [5.41, 5.74) is 3.26. The summed E-state index contributed by atoms with van der Waals surface area (Å²) in [5, 5.41) is 18.0. The van der Waals surface area contributed by atoms with Gasteiger partial charge in [-0.25, -0.2) is 4.98 Å². The monoisotopic (exact) mass is 379 g/mol. The van der Waals surface area contributed by atoms with E-state index in [0.29, 0.717) is 17.6 Å². The minimum atomic E-state index is -0.0665. The number of aliphatic hydroxyl groups excluding tert-OH is 1. The summed E-state index contributed by atoms with van der Waals surface area (Å²) < 4.78 is 1.74. The molecule has 6 rings (SSSR count). The van der Waals surface area contributed by atoms with Crippen molar-refractivity contribution in [2.75, 3.05) is 18.5 Å². The molecule has 6 aromatic rings. The van der Waals surface area contributed by atoms with E-state index in [1.165, 1.54) is 0 Å². The van der Waals surface area contributed by atoms with Crippen molar-refractivity contribution in [3.63, 3.8) is 0 Å². The van der Waals surface area contributed by atoms with Crippen molar-refractivity contribution in [3.8, 4) is 0 Å². The van der Waals surface area contributed by atoms with Gasteiger partial charge in [0.2, 0.25) is 0 Å². The quantitative estimate of drug-likeness (QED) is 0.358. The first-order valence-electron chi connectivity index (χ1n) is 9.63. The molecule has 4 aromatic carbocycles. The van der Waals surface area contributed by atoms with Crippen LogP contribution >= 0.6 is 0 Å². The van der Waals surface area contributed by atoms with E-state index < -0.39 is 0 Å². The lowest BCUT2D eigenvalue weighted by molar-refractivity contribution is 0.311. The number of hydrogen-bond donors (Lipinski definition) is 2. The molecule has 0 bridgehead atoms. The van der Waals surface area contributed by atoms with Gasteiger partial charge in [0.1, 0.15) is 5.65 Å². The fraction of sp³-hybridized carbons (Fsp3) is 0.0833. The number of benzene rings is 4. The highest BCUT2D eigenvalue weighted by Gasteiger charge is 2.17. The third kappa shape index (κ3) is 2.13. The molecule has 2 aromatic heterocycles. The van der Waals surface area contributed by atoms with E-state index in [2.05, 4.69) is 5.32 Å². The molecule has 0 atom stereocenters. The van der Waals surface area contributed by atoms with Gasteiger partial charge in [-0.3, -0.25) is 9.20 Å². The molecule has 0 aliphatic heterocycles. The molecule has 2 heterocycles. The number of nitrogens with zero attached hydrogens (tertiary/aromatic N) is 2. The second kappa shape index (κ2) is 5.90. The van der Waals surface area contributed by atoms with Crippen LogP contribution in [0.15, 0.2) is 71.5 Å². The molecule has 0 unspecified atom stereocenters. The summed E-state index contributed by atoms with van der Waals surface area (Å²) in [6.45, 7) is 0.498. The van der Waals surface area contributed by atoms with Gasteiger partial charge < -0.3 is 10.4 Å². The van der Waals surface area contributed by atoms with E-state index in [9.17, 15) is 9.90 Å². The molecule has 0 saturated heterocycles. The van der Waals surface area contributed by atoms with Crippen LogP contribution in [0.1, 0.15) is 0 Å². The van der Waals surface area contributed by atoms with Crippen LogP contribution in [0, 0.1) is 0 Å². The average molecular weight is 379 g/mol. The van der Waals surface area contributed by atoms with Crippen molar-refractivity contribution >= 4 is 54.7 Å². The zero-order valence-electron chi connectivity index (χ0n) is 15.5. The number of aliphatic hydroxyl groups is 1. The minimum absolute atomic E-state index is 0.0448. The second-order valence-electron chi connectivity index (χ2n) is 7.27. The van der Waals surface area contributed by atoms with Crippen molar-refractivity contribution in [2.24, 2.45) is 0 Å². The molecule has 0 fully saturated rings. The first-order valence-corrected chi connectivity index (χ1v) is 9.63. The van der Waals surface area contributed by atoms with Crippen LogP contribution in [0.25, 0.3) is 49.0 Å². The van der Waals surface area contributed by atoms with Crippen LogP contribution in [0.5, 0.6) is 0 Å². The van der Waals surface area contributed by atoms with Crippen LogP contribution in [0.4, 0.5) is 5.69 Å². The Kier molecular flexibility index (Phi) is 3.31.